The molecule has 0 saturated heterocycles. The molecule has 1 heterocycles. The number of halogens is 2. The first-order chi connectivity index (χ1) is 8.92. The van der Waals surface area contributed by atoms with Gasteiger partial charge in [0.05, 0.1) is 10.5 Å². The van der Waals surface area contributed by atoms with Crippen LogP contribution in [0.15, 0.2) is 23.1 Å². The van der Waals surface area contributed by atoms with Gasteiger partial charge in [0.2, 0.25) is 5.43 Å². The predicted octanol–water partition coefficient (Wildman–Crippen LogP) is 2.84. The minimum Gasteiger partial charge on any atom is -0.477 e. The van der Waals surface area contributed by atoms with Crippen molar-refractivity contribution >= 4 is 28.5 Å². The van der Waals surface area contributed by atoms with E-state index in [-0.39, 0.29) is 16.0 Å². The normalized spacial score (nSPS) is 16.5. The molecule has 0 unspecified atom stereocenters. The van der Waals surface area contributed by atoms with Crippen molar-refractivity contribution in [1.29, 1.82) is 0 Å². The van der Waals surface area contributed by atoms with E-state index in [1.54, 1.807) is 0 Å². The molecule has 6 heteroatoms. The lowest BCUT2D eigenvalue weighted by Gasteiger charge is -2.09. The van der Waals surface area contributed by atoms with Crippen LogP contribution in [0.4, 0.5) is 4.39 Å². The third-order valence-electron chi connectivity index (χ3n) is 3.38. The first kappa shape index (κ1) is 12.2. The molecule has 0 atom stereocenters. The van der Waals surface area contributed by atoms with E-state index in [2.05, 4.69) is 4.98 Å². The van der Waals surface area contributed by atoms with E-state index in [0.29, 0.717) is 23.9 Å². The Bertz CT molecular complexity index is 764. The molecule has 1 saturated carbocycles. The number of H-pyrrole nitrogens is 1. The number of aromatic nitrogens is 1. The zero-order chi connectivity index (χ0) is 13.8. The summed E-state index contributed by atoms with van der Waals surface area (Å²) in [5, 5.41) is 9.23. The minimum atomic E-state index is -1.43. The SMILES string of the molecule is O=C(O)c1c[nH]c2c(Cl)cc(C3(F)CC3)cc2c1=O. The number of nitrogens with one attached hydrogen (secondary N) is 1. The van der Waals surface area contributed by atoms with Crippen LogP contribution in [0.25, 0.3) is 10.9 Å². The number of hydrogen-bond acceptors (Lipinski definition) is 2. The highest BCUT2D eigenvalue weighted by molar-refractivity contribution is 6.35. The van der Waals surface area contributed by atoms with E-state index in [4.69, 9.17) is 16.7 Å². The summed E-state index contributed by atoms with van der Waals surface area (Å²) in [5.41, 5.74) is -1.81. The topological polar surface area (TPSA) is 70.2 Å². The van der Waals surface area contributed by atoms with Crippen LogP contribution in [-0.2, 0) is 5.67 Å². The van der Waals surface area contributed by atoms with Crippen LogP contribution in [0.1, 0.15) is 28.8 Å². The van der Waals surface area contributed by atoms with Gasteiger partial charge in [-0.3, -0.25) is 4.79 Å². The molecule has 0 aliphatic heterocycles. The van der Waals surface area contributed by atoms with Gasteiger partial charge in [0, 0.05) is 11.6 Å². The van der Waals surface area contributed by atoms with Crippen LogP contribution in [0.5, 0.6) is 0 Å². The highest BCUT2D eigenvalue weighted by Gasteiger charge is 2.45. The van der Waals surface area contributed by atoms with Gasteiger partial charge in [-0.05, 0) is 30.5 Å². The fraction of sp³-hybridized carbons (Fsp3) is 0.231. The zero-order valence-electron chi connectivity index (χ0n) is 9.67. The number of aromatic amines is 1. The van der Waals surface area contributed by atoms with Gasteiger partial charge in [-0.1, -0.05) is 11.6 Å². The lowest BCUT2D eigenvalue weighted by Crippen LogP contribution is -2.16. The van der Waals surface area contributed by atoms with Crippen molar-refractivity contribution < 1.29 is 14.3 Å². The van der Waals surface area contributed by atoms with Gasteiger partial charge in [-0.2, -0.15) is 0 Å². The smallest absolute Gasteiger partial charge is 0.341 e. The Morgan fingerprint density at radius 1 is 1.42 bits per heavy atom. The maximum Gasteiger partial charge on any atom is 0.341 e. The summed E-state index contributed by atoms with van der Waals surface area (Å²) >= 11 is 6.02. The maximum atomic E-state index is 14.0. The molecule has 1 fully saturated rings. The number of hydrogen-bond donors (Lipinski definition) is 2. The van der Waals surface area contributed by atoms with Crippen molar-refractivity contribution in [2.75, 3.05) is 0 Å². The average molecular weight is 282 g/mol. The Morgan fingerprint density at radius 2 is 2.11 bits per heavy atom. The summed E-state index contributed by atoms with van der Waals surface area (Å²) in [7, 11) is 0. The summed E-state index contributed by atoms with van der Waals surface area (Å²) in [6, 6.07) is 2.87. The highest BCUT2D eigenvalue weighted by Crippen LogP contribution is 2.50. The summed E-state index contributed by atoms with van der Waals surface area (Å²) in [4.78, 5) is 25.6. The summed E-state index contributed by atoms with van der Waals surface area (Å²) in [6.07, 6.45) is 1.89. The van der Waals surface area contributed by atoms with E-state index < -0.39 is 17.1 Å². The Kier molecular flexibility index (Phi) is 2.44. The van der Waals surface area contributed by atoms with Crippen LogP contribution in [0.3, 0.4) is 0 Å². The van der Waals surface area contributed by atoms with Gasteiger partial charge in [0.25, 0.3) is 0 Å². The fourth-order valence-electron chi connectivity index (χ4n) is 2.10. The van der Waals surface area contributed by atoms with Crippen molar-refractivity contribution in [1.82, 2.24) is 4.98 Å². The second-order valence-corrected chi connectivity index (χ2v) is 5.09. The van der Waals surface area contributed by atoms with Crippen molar-refractivity contribution in [2.45, 2.75) is 18.5 Å². The largest absolute Gasteiger partial charge is 0.477 e. The monoisotopic (exact) mass is 281 g/mol. The molecule has 1 aromatic carbocycles. The lowest BCUT2D eigenvalue weighted by atomic mass is 10.0. The van der Waals surface area contributed by atoms with Crippen LogP contribution in [0, 0.1) is 0 Å². The number of aromatic carboxylic acids is 1. The molecule has 2 N–H and O–H groups in total. The van der Waals surface area contributed by atoms with Gasteiger partial charge in [-0.15, -0.1) is 0 Å². The molecule has 1 aromatic heterocycles. The van der Waals surface area contributed by atoms with Crippen LogP contribution in [-0.4, -0.2) is 16.1 Å². The Labute approximate surface area is 111 Å². The van der Waals surface area contributed by atoms with Gasteiger partial charge in [0.1, 0.15) is 11.2 Å². The Balaban J connectivity index is 2.35. The molecule has 1 aliphatic rings. The third kappa shape index (κ3) is 1.81. The first-order valence-corrected chi connectivity index (χ1v) is 6.08. The second-order valence-electron chi connectivity index (χ2n) is 4.68. The zero-order valence-corrected chi connectivity index (χ0v) is 10.4. The molecule has 2 aromatic rings. The molecule has 0 radical (unpaired) electrons. The van der Waals surface area contributed by atoms with E-state index in [9.17, 15) is 14.0 Å². The fourth-order valence-corrected chi connectivity index (χ4v) is 2.38. The molecular formula is C13H9ClFNO3. The number of pyridine rings is 1. The van der Waals surface area contributed by atoms with Crippen molar-refractivity contribution in [3.05, 3.63) is 44.7 Å². The maximum absolute atomic E-state index is 14.0. The molecule has 1 aliphatic carbocycles. The molecule has 3 rings (SSSR count). The van der Waals surface area contributed by atoms with Crippen molar-refractivity contribution in [3.63, 3.8) is 0 Å². The number of carboxylic acid groups (broad SMARTS) is 1. The van der Waals surface area contributed by atoms with Crippen molar-refractivity contribution in [2.24, 2.45) is 0 Å². The molecular weight excluding hydrogens is 273 g/mol. The summed E-state index contributed by atoms with van der Waals surface area (Å²) in [5.74, 6) is -1.33. The van der Waals surface area contributed by atoms with Crippen molar-refractivity contribution in [3.8, 4) is 0 Å². The number of fused-ring (bicyclic) bond motifs is 1. The Morgan fingerprint density at radius 3 is 2.68 bits per heavy atom. The number of rotatable bonds is 2. The standard InChI is InChI=1S/C13H9ClFNO3/c14-9-4-6(13(15)1-2-13)3-7-10(9)16-5-8(11(7)17)12(18)19/h3-5H,1-2H2,(H,16,17)(H,18,19). The number of benzene rings is 1. The molecule has 98 valence electrons. The Hall–Kier alpha value is -1.88. The van der Waals surface area contributed by atoms with Gasteiger partial charge >= 0.3 is 5.97 Å². The number of carboxylic acids is 1. The lowest BCUT2D eigenvalue weighted by molar-refractivity contribution is 0.0695. The molecule has 0 spiro atoms. The van der Waals surface area contributed by atoms with E-state index >= 15 is 0 Å². The molecule has 4 nitrogen and oxygen atoms in total. The van der Waals surface area contributed by atoms with E-state index in [1.807, 2.05) is 0 Å². The van der Waals surface area contributed by atoms with Gasteiger partial charge in [0.15, 0.2) is 0 Å². The van der Waals surface area contributed by atoms with Crippen LogP contribution < -0.4 is 5.43 Å². The minimum absolute atomic E-state index is 0.103. The molecule has 0 amide bonds. The average Bonchev–Trinajstić information content (AvgIpc) is 3.09. The van der Waals surface area contributed by atoms with E-state index in [0.717, 1.165) is 6.20 Å². The van der Waals surface area contributed by atoms with Crippen LogP contribution in [0.2, 0.25) is 5.02 Å². The van der Waals surface area contributed by atoms with E-state index in [1.165, 1.54) is 12.1 Å². The third-order valence-corrected chi connectivity index (χ3v) is 3.68. The molecule has 19 heavy (non-hydrogen) atoms. The highest BCUT2D eigenvalue weighted by atomic mass is 35.5. The predicted molar refractivity (Wildman–Crippen MR) is 68.6 cm³/mol. The summed E-state index contributed by atoms with van der Waals surface area (Å²) < 4.78 is 14.0. The van der Waals surface area contributed by atoms with Gasteiger partial charge in [-0.25, -0.2) is 9.18 Å². The van der Waals surface area contributed by atoms with Gasteiger partial charge < -0.3 is 10.1 Å². The number of carbonyl (C=O) groups is 1. The molecule has 0 bridgehead atoms. The van der Waals surface area contributed by atoms with Crippen LogP contribution >= 0.6 is 11.6 Å². The first-order valence-electron chi connectivity index (χ1n) is 5.70. The second kappa shape index (κ2) is 3.81. The summed E-state index contributed by atoms with van der Waals surface area (Å²) in [6.45, 7) is 0. The quantitative estimate of drug-likeness (QED) is 0.889. The number of alkyl halides is 1.